The Morgan fingerprint density at radius 1 is 1.33 bits per heavy atom. The van der Waals surface area contributed by atoms with E-state index in [0.717, 1.165) is 6.07 Å². The maximum Gasteiger partial charge on any atom is 0.407 e. The Morgan fingerprint density at radius 3 is 2.70 bits per heavy atom. The normalized spacial score (nSPS) is 12.3. The SMILES string of the molecule is CC(C)(C)OC(=O)NCCCn1cc(-c2ccc(OC[C@@H](O)C(=O)O)cc2F)cn1. The number of alkyl carbamates (subject to hydrolysis) is 1. The zero-order valence-electron chi connectivity index (χ0n) is 17.1. The quantitative estimate of drug-likeness (QED) is 0.529. The molecule has 10 heteroatoms. The molecule has 0 saturated carbocycles. The van der Waals surface area contributed by atoms with Crippen molar-refractivity contribution >= 4 is 12.1 Å². The number of carbonyl (C=O) groups excluding carboxylic acids is 1. The van der Waals surface area contributed by atoms with Crippen LogP contribution in [0.1, 0.15) is 27.2 Å². The highest BCUT2D eigenvalue weighted by Crippen LogP contribution is 2.26. The molecule has 0 saturated heterocycles. The molecule has 2 aromatic rings. The molecule has 1 aromatic carbocycles. The van der Waals surface area contributed by atoms with Gasteiger partial charge in [-0.05, 0) is 39.3 Å². The van der Waals surface area contributed by atoms with Gasteiger partial charge < -0.3 is 25.0 Å². The predicted octanol–water partition coefficient (Wildman–Crippen LogP) is 2.43. The van der Waals surface area contributed by atoms with E-state index in [-0.39, 0.29) is 5.75 Å². The molecule has 0 aliphatic rings. The van der Waals surface area contributed by atoms with E-state index >= 15 is 0 Å². The number of aliphatic hydroxyl groups is 1. The zero-order chi connectivity index (χ0) is 22.3. The minimum atomic E-state index is -1.68. The highest BCUT2D eigenvalue weighted by Gasteiger charge is 2.16. The number of aliphatic hydroxyl groups excluding tert-OH is 1. The van der Waals surface area contributed by atoms with Crippen LogP contribution in [-0.4, -0.2) is 56.9 Å². The first-order chi connectivity index (χ1) is 14.0. The van der Waals surface area contributed by atoms with Crippen LogP contribution in [0.2, 0.25) is 0 Å². The second kappa shape index (κ2) is 10.1. The van der Waals surface area contributed by atoms with Crippen molar-refractivity contribution in [3.8, 4) is 16.9 Å². The number of nitrogens with one attached hydrogen (secondary N) is 1. The molecule has 1 atom stereocenters. The summed E-state index contributed by atoms with van der Waals surface area (Å²) in [4.78, 5) is 22.2. The van der Waals surface area contributed by atoms with Crippen molar-refractivity contribution in [2.45, 2.75) is 45.4 Å². The van der Waals surface area contributed by atoms with Crippen LogP contribution in [0, 0.1) is 5.82 Å². The van der Waals surface area contributed by atoms with E-state index in [9.17, 15) is 19.1 Å². The lowest BCUT2D eigenvalue weighted by Gasteiger charge is -2.19. The minimum Gasteiger partial charge on any atom is -0.490 e. The average molecular weight is 423 g/mol. The number of aliphatic carboxylic acids is 1. The molecule has 0 spiro atoms. The van der Waals surface area contributed by atoms with Crippen LogP contribution in [0.3, 0.4) is 0 Å². The summed E-state index contributed by atoms with van der Waals surface area (Å²) < 4.78 is 26.3. The van der Waals surface area contributed by atoms with Gasteiger partial charge in [0.05, 0.1) is 6.20 Å². The van der Waals surface area contributed by atoms with Gasteiger partial charge in [-0.15, -0.1) is 0 Å². The summed E-state index contributed by atoms with van der Waals surface area (Å²) in [7, 11) is 0. The number of aromatic nitrogens is 2. The van der Waals surface area contributed by atoms with Crippen LogP contribution >= 0.6 is 0 Å². The van der Waals surface area contributed by atoms with Crippen LogP contribution in [0.15, 0.2) is 30.6 Å². The van der Waals surface area contributed by atoms with Crippen molar-refractivity contribution in [3.05, 3.63) is 36.4 Å². The number of ether oxygens (including phenoxy) is 2. The minimum absolute atomic E-state index is 0.108. The van der Waals surface area contributed by atoms with Gasteiger partial charge in [-0.3, -0.25) is 4.68 Å². The number of carboxylic acids is 1. The van der Waals surface area contributed by atoms with Crippen LogP contribution in [0.4, 0.5) is 9.18 Å². The van der Waals surface area contributed by atoms with Gasteiger partial charge in [0.2, 0.25) is 0 Å². The van der Waals surface area contributed by atoms with Gasteiger partial charge in [0.25, 0.3) is 0 Å². The number of halogens is 1. The number of hydrogen-bond acceptors (Lipinski definition) is 6. The third kappa shape index (κ3) is 7.36. The molecule has 1 amide bonds. The monoisotopic (exact) mass is 423 g/mol. The summed E-state index contributed by atoms with van der Waals surface area (Å²) in [5, 5.41) is 24.7. The van der Waals surface area contributed by atoms with Crippen molar-refractivity contribution in [2.24, 2.45) is 0 Å². The molecule has 3 N–H and O–H groups in total. The standard InChI is InChI=1S/C20H26FN3O6/c1-20(2,3)30-19(28)22-7-4-8-24-11-13(10-23-24)15-6-5-14(9-16(15)21)29-12-17(25)18(26)27/h5-6,9-11,17,25H,4,7-8,12H2,1-3H3,(H,22,28)(H,26,27)/t17-/m1/s1. The first-order valence-electron chi connectivity index (χ1n) is 9.38. The summed E-state index contributed by atoms with van der Waals surface area (Å²) >= 11 is 0. The second-order valence-electron chi connectivity index (χ2n) is 7.58. The molecule has 0 aliphatic heterocycles. The number of carbonyl (C=O) groups is 2. The van der Waals surface area contributed by atoms with Crippen molar-refractivity contribution in [2.75, 3.05) is 13.2 Å². The third-order valence-corrected chi connectivity index (χ3v) is 3.81. The Hall–Kier alpha value is -3.14. The van der Waals surface area contributed by atoms with Gasteiger partial charge in [-0.25, -0.2) is 14.0 Å². The Bertz CT molecular complexity index is 878. The van der Waals surface area contributed by atoms with Gasteiger partial charge in [0.15, 0.2) is 6.10 Å². The highest BCUT2D eigenvalue weighted by atomic mass is 19.1. The van der Waals surface area contributed by atoms with E-state index in [1.54, 1.807) is 31.6 Å². The molecule has 0 unspecified atom stereocenters. The van der Waals surface area contributed by atoms with Gasteiger partial charge in [0.1, 0.15) is 23.8 Å². The van der Waals surface area contributed by atoms with Crippen LogP contribution in [-0.2, 0) is 16.1 Å². The van der Waals surface area contributed by atoms with Crippen molar-refractivity contribution in [1.82, 2.24) is 15.1 Å². The molecule has 0 aliphatic carbocycles. The molecule has 2 rings (SSSR count). The predicted molar refractivity (Wildman–Crippen MR) is 106 cm³/mol. The summed E-state index contributed by atoms with van der Waals surface area (Å²) in [6.07, 6.45) is 1.65. The summed E-state index contributed by atoms with van der Waals surface area (Å²) in [6.45, 7) is 5.81. The molecule has 1 aromatic heterocycles. The van der Waals surface area contributed by atoms with Crippen molar-refractivity contribution < 1.29 is 33.7 Å². The smallest absolute Gasteiger partial charge is 0.407 e. The van der Waals surface area contributed by atoms with Crippen molar-refractivity contribution in [3.63, 3.8) is 0 Å². The fourth-order valence-corrected chi connectivity index (χ4v) is 2.44. The number of hydrogen-bond donors (Lipinski definition) is 3. The molecular weight excluding hydrogens is 397 g/mol. The number of rotatable bonds is 9. The highest BCUT2D eigenvalue weighted by molar-refractivity contribution is 5.72. The molecule has 0 radical (unpaired) electrons. The van der Waals surface area contributed by atoms with E-state index < -0.39 is 36.2 Å². The number of amides is 1. The number of benzene rings is 1. The maximum absolute atomic E-state index is 14.4. The van der Waals surface area contributed by atoms with E-state index in [1.807, 2.05) is 0 Å². The number of nitrogens with zero attached hydrogens (tertiary/aromatic N) is 2. The van der Waals surface area contributed by atoms with Gasteiger partial charge in [-0.1, -0.05) is 0 Å². The molecule has 9 nitrogen and oxygen atoms in total. The molecule has 0 bridgehead atoms. The third-order valence-electron chi connectivity index (χ3n) is 3.81. The van der Waals surface area contributed by atoms with Gasteiger partial charge in [0, 0.05) is 36.5 Å². The second-order valence-corrected chi connectivity index (χ2v) is 7.58. The molecule has 1 heterocycles. The molecule has 0 fully saturated rings. The van der Waals surface area contributed by atoms with Gasteiger partial charge in [-0.2, -0.15) is 5.10 Å². The Morgan fingerprint density at radius 2 is 2.07 bits per heavy atom. The Kier molecular flexibility index (Phi) is 7.76. The lowest BCUT2D eigenvalue weighted by molar-refractivity contribution is -0.148. The van der Waals surface area contributed by atoms with Crippen LogP contribution in [0.5, 0.6) is 5.75 Å². The van der Waals surface area contributed by atoms with E-state index in [0.29, 0.717) is 30.6 Å². The lowest BCUT2D eigenvalue weighted by atomic mass is 10.1. The summed E-state index contributed by atoms with van der Waals surface area (Å²) in [6, 6.07) is 4.09. The average Bonchev–Trinajstić information content (AvgIpc) is 3.10. The summed E-state index contributed by atoms with van der Waals surface area (Å²) in [5.74, 6) is -1.87. The van der Waals surface area contributed by atoms with E-state index in [1.165, 1.54) is 18.3 Å². The molecule has 164 valence electrons. The first kappa shape index (κ1) is 23.1. The van der Waals surface area contributed by atoms with Gasteiger partial charge >= 0.3 is 12.1 Å². The largest absolute Gasteiger partial charge is 0.490 e. The number of aryl methyl sites for hydroxylation is 1. The topological polar surface area (TPSA) is 123 Å². The fraction of sp³-hybridized carbons (Fsp3) is 0.450. The van der Waals surface area contributed by atoms with Crippen LogP contribution < -0.4 is 10.1 Å². The lowest BCUT2D eigenvalue weighted by Crippen LogP contribution is -2.33. The maximum atomic E-state index is 14.4. The Balaban J connectivity index is 1.86. The Labute approximate surface area is 173 Å². The van der Waals surface area contributed by atoms with E-state index in [2.05, 4.69) is 10.4 Å². The van der Waals surface area contributed by atoms with Crippen molar-refractivity contribution in [1.29, 1.82) is 0 Å². The zero-order valence-corrected chi connectivity index (χ0v) is 17.1. The molecule has 30 heavy (non-hydrogen) atoms. The summed E-state index contributed by atoms with van der Waals surface area (Å²) in [5.41, 5.74) is 0.311. The fourth-order valence-electron chi connectivity index (χ4n) is 2.44. The van der Waals surface area contributed by atoms with Crippen LogP contribution in [0.25, 0.3) is 11.1 Å². The number of carboxylic acid groups (broad SMARTS) is 1. The molecular formula is C20H26FN3O6. The first-order valence-corrected chi connectivity index (χ1v) is 9.38. The van der Waals surface area contributed by atoms with E-state index in [4.69, 9.17) is 14.6 Å².